The summed E-state index contributed by atoms with van der Waals surface area (Å²) in [5.41, 5.74) is 0.0521. The SMILES string of the molecule is CCCCNC1(Nc2ncncn2)CC1. The second-order valence-corrected chi connectivity index (χ2v) is 3.95. The van der Waals surface area contributed by atoms with E-state index in [4.69, 9.17) is 0 Å². The van der Waals surface area contributed by atoms with Crippen molar-refractivity contribution in [3.63, 3.8) is 0 Å². The molecule has 1 saturated carbocycles. The highest BCUT2D eigenvalue weighted by Crippen LogP contribution is 2.35. The quantitative estimate of drug-likeness (QED) is 0.541. The number of aromatic nitrogens is 3. The van der Waals surface area contributed by atoms with Crippen molar-refractivity contribution in [3.05, 3.63) is 12.7 Å². The Morgan fingerprint density at radius 2 is 2.07 bits per heavy atom. The van der Waals surface area contributed by atoms with Crippen molar-refractivity contribution >= 4 is 5.95 Å². The first-order chi connectivity index (χ1) is 7.35. The monoisotopic (exact) mass is 207 g/mol. The number of nitrogens with zero attached hydrogens (tertiary/aromatic N) is 3. The highest BCUT2D eigenvalue weighted by Gasteiger charge is 2.42. The van der Waals surface area contributed by atoms with Crippen LogP contribution in [0.1, 0.15) is 32.6 Å². The summed E-state index contributed by atoms with van der Waals surface area (Å²) in [6, 6.07) is 0. The van der Waals surface area contributed by atoms with Crippen molar-refractivity contribution in [2.45, 2.75) is 38.3 Å². The third-order valence-corrected chi connectivity index (χ3v) is 2.59. The van der Waals surface area contributed by atoms with E-state index in [1.807, 2.05) is 0 Å². The van der Waals surface area contributed by atoms with Crippen molar-refractivity contribution in [3.8, 4) is 0 Å². The molecule has 5 heteroatoms. The van der Waals surface area contributed by atoms with Gasteiger partial charge in [0, 0.05) is 0 Å². The minimum absolute atomic E-state index is 0.0521. The van der Waals surface area contributed by atoms with Crippen molar-refractivity contribution in [2.24, 2.45) is 0 Å². The van der Waals surface area contributed by atoms with Crippen molar-refractivity contribution in [1.82, 2.24) is 20.3 Å². The maximum absolute atomic E-state index is 4.06. The van der Waals surface area contributed by atoms with Crippen LogP contribution in [0, 0.1) is 0 Å². The van der Waals surface area contributed by atoms with E-state index < -0.39 is 0 Å². The molecular formula is C10H17N5. The maximum atomic E-state index is 4.06. The van der Waals surface area contributed by atoms with Gasteiger partial charge in [-0.15, -0.1) is 0 Å². The summed E-state index contributed by atoms with van der Waals surface area (Å²) in [5.74, 6) is 0.659. The lowest BCUT2D eigenvalue weighted by Gasteiger charge is -2.18. The molecule has 0 bridgehead atoms. The largest absolute Gasteiger partial charge is 0.336 e. The lowest BCUT2D eigenvalue weighted by molar-refractivity contribution is 0.530. The first-order valence-corrected chi connectivity index (χ1v) is 5.50. The molecule has 82 valence electrons. The number of nitrogens with one attached hydrogen (secondary N) is 2. The first-order valence-electron chi connectivity index (χ1n) is 5.50. The number of unbranched alkanes of at least 4 members (excludes halogenated alkanes) is 1. The minimum atomic E-state index is 0.0521. The van der Waals surface area contributed by atoms with Crippen LogP contribution >= 0.6 is 0 Å². The van der Waals surface area contributed by atoms with Crippen LogP contribution in [0.25, 0.3) is 0 Å². The molecule has 1 aromatic heterocycles. The molecule has 2 rings (SSSR count). The summed E-state index contributed by atoms with van der Waals surface area (Å²) in [4.78, 5) is 11.9. The Morgan fingerprint density at radius 3 is 2.67 bits per heavy atom. The Hall–Kier alpha value is -1.23. The Balaban J connectivity index is 1.83. The molecule has 1 aromatic rings. The van der Waals surface area contributed by atoms with Crippen LogP contribution in [-0.2, 0) is 0 Å². The lowest BCUT2D eigenvalue weighted by atomic mass is 10.3. The highest BCUT2D eigenvalue weighted by molar-refractivity contribution is 5.30. The van der Waals surface area contributed by atoms with E-state index >= 15 is 0 Å². The van der Waals surface area contributed by atoms with Crippen molar-refractivity contribution < 1.29 is 0 Å². The fourth-order valence-electron chi connectivity index (χ4n) is 1.49. The van der Waals surface area contributed by atoms with E-state index in [-0.39, 0.29) is 5.66 Å². The van der Waals surface area contributed by atoms with Gasteiger partial charge in [-0.2, -0.15) is 0 Å². The second kappa shape index (κ2) is 4.53. The van der Waals surface area contributed by atoms with Crippen LogP contribution in [0.15, 0.2) is 12.7 Å². The molecule has 1 heterocycles. The number of rotatable bonds is 6. The predicted octanol–water partition coefficient (Wildman–Crippen LogP) is 1.16. The molecular weight excluding hydrogens is 190 g/mol. The van der Waals surface area contributed by atoms with E-state index in [1.165, 1.54) is 25.5 Å². The van der Waals surface area contributed by atoms with Crippen LogP contribution in [-0.4, -0.2) is 27.2 Å². The van der Waals surface area contributed by atoms with Gasteiger partial charge in [0.05, 0.1) is 5.66 Å². The van der Waals surface area contributed by atoms with Gasteiger partial charge in [0.1, 0.15) is 12.7 Å². The third kappa shape index (κ3) is 2.86. The molecule has 15 heavy (non-hydrogen) atoms. The van der Waals surface area contributed by atoms with Crippen LogP contribution in [0.4, 0.5) is 5.95 Å². The van der Waals surface area contributed by atoms with Gasteiger partial charge in [-0.3, -0.25) is 5.32 Å². The molecule has 0 amide bonds. The van der Waals surface area contributed by atoms with Crippen molar-refractivity contribution in [2.75, 3.05) is 11.9 Å². The van der Waals surface area contributed by atoms with Gasteiger partial charge in [-0.05, 0) is 25.8 Å². The number of anilines is 1. The summed E-state index contributed by atoms with van der Waals surface area (Å²) < 4.78 is 0. The van der Waals surface area contributed by atoms with Gasteiger partial charge in [-0.1, -0.05) is 13.3 Å². The van der Waals surface area contributed by atoms with Gasteiger partial charge in [0.15, 0.2) is 0 Å². The smallest absolute Gasteiger partial charge is 0.227 e. The lowest BCUT2D eigenvalue weighted by Crippen LogP contribution is -2.39. The van der Waals surface area contributed by atoms with E-state index in [1.54, 1.807) is 0 Å². The molecule has 1 aliphatic carbocycles. The molecule has 2 N–H and O–H groups in total. The highest BCUT2D eigenvalue weighted by atomic mass is 15.3. The molecule has 0 saturated heterocycles. The van der Waals surface area contributed by atoms with Gasteiger partial charge in [0.2, 0.25) is 5.95 Å². The summed E-state index contributed by atoms with van der Waals surface area (Å²) in [6.45, 7) is 3.25. The normalized spacial score (nSPS) is 17.4. The molecule has 1 fully saturated rings. The van der Waals surface area contributed by atoms with E-state index in [0.29, 0.717) is 5.95 Å². The summed E-state index contributed by atoms with van der Waals surface area (Å²) in [5, 5.41) is 6.82. The molecule has 0 aliphatic heterocycles. The minimum Gasteiger partial charge on any atom is -0.336 e. The first kappa shape index (κ1) is 10.3. The van der Waals surface area contributed by atoms with Crippen molar-refractivity contribution in [1.29, 1.82) is 0 Å². The third-order valence-electron chi connectivity index (χ3n) is 2.59. The van der Waals surface area contributed by atoms with Crippen LogP contribution in [0.2, 0.25) is 0 Å². The zero-order valence-corrected chi connectivity index (χ0v) is 9.03. The molecule has 5 nitrogen and oxygen atoms in total. The van der Waals surface area contributed by atoms with Gasteiger partial charge in [-0.25, -0.2) is 15.0 Å². The maximum Gasteiger partial charge on any atom is 0.227 e. The fourth-order valence-corrected chi connectivity index (χ4v) is 1.49. The Kier molecular flexibility index (Phi) is 3.11. The topological polar surface area (TPSA) is 62.7 Å². The molecule has 1 aliphatic rings. The summed E-state index contributed by atoms with van der Waals surface area (Å²) >= 11 is 0. The zero-order chi connectivity index (χ0) is 10.6. The Morgan fingerprint density at radius 1 is 1.33 bits per heavy atom. The predicted molar refractivity (Wildman–Crippen MR) is 58.3 cm³/mol. The average Bonchev–Trinajstić information content (AvgIpc) is 3.00. The molecule has 0 unspecified atom stereocenters. The van der Waals surface area contributed by atoms with E-state index in [2.05, 4.69) is 32.5 Å². The Labute approximate surface area is 89.7 Å². The summed E-state index contributed by atoms with van der Waals surface area (Å²) in [7, 11) is 0. The standard InChI is InChI=1S/C10H17N5/c1-2-3-6-14-10(4-5-10)15-9-12-7-11-8-13-9/h7-8,14H,2-6H2,1H3,(H,11,12,13,15). The fraction of sp³-hybridized carbons (Fsp3) is 0.700. The van der Waals surface area contributed by atoms with Gasteiger partial charge in [0.25, 0.3) is 0 Å². The van der Waals surface area contributed by atoms with Gasteiger partial charge >= 0.3 is 0 Å². The van der Waals surface area contributed by atoms with Crippen LogP contribution in [0.5, 0.6) is 0 Å². The number of hydrogen-bond donors (Lipinski definition) is 2. The number of hydrogen-bond acceptors (Lipinski definition) is 5. The zero-order valence-electron chi connectivity index (χ0n) is 9.03. The van der Waals surface area contributed by atoms with Gasteiger partial charge < -0.3 is 5.32 Å². The molecule has 0 spiro atoms. The molecule has 0 atom stereocenters. The van der Waals surface area contributed by atoms with Crippen LogP contribution in [0.3, 0.4) is 0 Å². The van der Waals surface area contributed by atoms with E-state index in [9.17, 15) is 0 Å². The average molecular weight is 207 g/mol. The van der Waals surface area contributed by atoms with Crippen LogP contribution < -0.4 is 10.6 Å². The summed E-state index contributed by atoms with van der Waals surface area (Å²) in [6.07, 6.45) is 7.73. The van der Waals surface area contributed by atoms with E-state index in [0.717, 1.165) is 19.4 Å². The second-order valence-electron chi connectivity index (χ2n) is 3.95. The Bertz CT molecular complexity index is 296. The molecule has 0 radical (unpaired) electrons. The molecule has 0 aromatic carbocycles.